The van der Waals surface area contributed by atoms with Gasteiger partial charge in [0.15, 0.2) is 5.84 Å². The van der Waals surface area contributed by atoms with E-state index in [1.807, 2.05) is 42.6 Å². The Hall–Kier alpha value is -2.34. The van der Waals surface area contributed by atoms with E-state index in [1.165, 1.54) is 0 Å². The molecule has 0 bridgehead atoms. The largest absolute Gasteiger partial charge is 0.409 e. The first-order valence-electron chi connectivity index (χ1n) is 5.91. The Morgan fingerprint density at radius 1 is 1.20 bits per heavy atom. The molecule has 2 aromatic carbocycles. The number of hydrogen-bond donors (Lipinski definition) is 2. The second-order valence-corrected chi connectivity index (χ2v) is 5.18. The molecule has 20 heavy (non-hydrogen) atoms. The predicted molar refractivity (Wildman–Crippen MR) is 81.3 cm³/mol. The van der Waals surface area contributed by atoms with Gasteiger partial charge in [-0.2, -0.15) is 5.10 Å². The molecular weight excluding hydrogens is 320 g/mol. The van der Waals surface area contributed by atoms with Crippen LogP contribution in [-0.4, -0.2) is 20.8 Å². The molecule has 3 N–H and O–H groups in total. The molecule has 3 aromatic rings. The minimum absolute atomic E-state index is 0.0920. The van der Waals surface area contributed by atoms with Crippen molar-refractivity contribution in [3.8, 4) is 5.69 Å². The lowest BCUT2D eigenvalue weighted by atomic mass is 10.0. The van der Waals surface area contributed by atoms with Gasteiger partial charge in [0.25, 0.3) is 0 Å². The first-order chi connectivity index (χ1) is 9.70. The van der Waals surface area contributed by atoms with E-state index >= 15 is 0 Å². The standard InChI is InChI=1S/C14H11BrN4O/c15-9-7-17-19(8-9)13-6-5-12(14(16)18-20)10-3-1-2-4-11(10)13/h1-8,20H,(H2,16,18). The average Bonchev–Trinajstić information content (AvgIpc) is 2.91. The fourth-order valence-electron chi connectivity index (χ4n) is 2.19. The molecule has 1 aromatic heterocycles. The second-order valence-electron chi connectivity index (χ2n) is 4.27. The molecule has 0 amide bonds. The van der Waals surface area contributed by atoms with Crippen molar-refractivity contribution in [3.05, 3.63) is 58.8 Å². The molecule has 6 heteroatoms. The van der Waals surface area contributed by atoms with Crippen molar-refractivity contribution in [2.45, 2.75) is 0 Å². The Kier molecular flexibility index (Phi) is 3.15. The molecule has 0 aliphatic rings. The summed E-state index contributed by atoms with van der Waals surface area (Å²) in [5.74, 6) is 0.0920. The van der Waals surface area contributed by atoms with Crippen LogP contribution in [-0.2, 0) is 0 Å². The predicted octanol–water partition coefficient (Wildman–Crippen LogP) is 2.88. The maximum absolute atomic E-state index is 8.88. The summed E-state index contributed by atoms with van der Waals surface area (Å²) in [6, 6.07) is 11.5. The van der Waals surface area contributed by atoms with Crippen molar-refractivity contribution in [3.63, 3.8) is 0 Å². The van der Waals surface area contributed by atoms with Crippen LogP contribution in [0.2, 0.25) is 0 Å². The zero-order valence-electron chi connectivity index (χ0n) is 10.4. The van der Waals surface area contributed by atoms with Crippen LogP contribution >= 0.6 is 15.9 Å². The van der Waals surface area contributed by atoms with Gasteiger partial charge in [0, 0.05) is 17.1 Å². The Balaban J connectivity index is 2.32. The van der Waals surface area contributed by atoms with Crippen LogP contribution < -0.4 is 5.73 Å². The van der Waals surface area contributed by atoms with Gasteiger partial charge in [-0.25, -0.2) is 4.68 Å². The van der Waals surface area contributed by atoms with Gasteiger partial charge in [-0.1, -0.05) is 29.4 Å². The first-order valence-corrected chi connectivity index (χ1v) is 6.70. The third kappa shape index (κ3) is 2.04. The zero-order valence-corrected chi connectivity index (χ0v) is 11.9. The lowest BCUT2D eigenvalue weighted by molar-refractivity contribution is 0.318. The van der Waals surface area contributed by atoms with E-state index in [1.54, 1.807) is 10.9 Å². The monoisotopic (exact) mass is 330 g/mol. The molecular formula is C14H11BrN4O. The number of fused-ring (bicyclic) bond motifs is 1. The molecule has 1 heterocycles. The van der Waals surface area contributed by atoms with E-state index in [4.69, 9.17) is 10.9 Å². The second kappa shape index (κ2) is 4.97. The van der Waals surface area contributed by atoms with Gasteiger partial charge in [0.05, 0.1) is 16.4 Å². The van der Waals surface area contributed by atoms with E-state index in [0.29, 0.717) is 5.56 Å². The number of rotatable bonds is 2. The summed E-state index contributed by atoms with van der Waals surface area (Å²) in [5.41, 5.74) is 7.35. The zero-order chi connectivity index (χ0) is 14.1. The van der Waals surface area contributed by atoms with E-state index in [9.17, 15) is 0 Å². The highest BCUT2D eigenvalue weighted by Crippen LogP contribution is 2.26. The Morgan fingerprint density at radius 2 is 1.95 bits per heavy atom. The number of benzene rings is 2. The number of nitrogens with zero attached hydrogens (tertiary/aromatic N) is 3. The molecule has 0 aliphatic carbocycles. The van der Waals surface area contributed by atoms with E-state index in [2.05, 4.69) is 26.2 Å². The number of aromatic nitrogens is 2. The topological polar surface area (TPSA) is 76.4 Å². The van der Waals surface area contributed by atoms with Gasteiger partial charge in [0.2, 0.25) is 0 Å². The van der Waals surface area contributed by atoms with E-state index in [0.717, 1.165) is 20.9 Å². The summed E-state index contributed by atoms with van der Waals surface area (Å²) in [5, 5.41) is 18.1. The normalized spacial score (nSPS) is 11.9. The lowest BCUT2D eigenvalue weighted by Gasteiger charge is -2.10. The number of nitrogens with two attached hydrogens (primary N) is 1. The highest BCUT2D eigenvalue weighted by molar-refractivity contribution is 9.10. The van der Waals surface area contributed by atoms with Gasteiger partial charge >= 0.3 is 0 Å². The van der Waals surface area contributed by atoms with Crippen molar-refractivity contribution in [2.75, 3.05) is 0 Å². The smallest absolute Gasteiger partial charge is 0.170 e. The lowest BCUT2D eigenvalue weighted by Crippen LogP contribution is -2.14. The molecule has 100 valence electrons. The molecule has 0 atom stereocenters. The van der Waals surface area contributed by atoms with Crippen molar-refractivity contribution < 1.29 is 5.21 Å². The van der Waals surface area contributed by atoms with Gasteiger partial charge in [0.1, 0.15) is 0 Å². The summed E-state index contributed by atoms with van der Waals surface area (Å²) in [4.78, 5) is 0. The summed E-state index contributed by atoms with van der Waals surface area (Å²) in [7, 11) is 0. The van der Waals surface area contributed by atoms with Gasteiger partial charge in [-0.3, -0.25) is 0 Å². The molecule has 0 unspecified atom stereocenters. The highest BCUT2D eigenvalue weighted by atomic mass is 79.9. The van der Waals surface area contributed by atoms with Crippen LogP contribution in [0.5, 0.6) is 0 Å². The number of amidine groups is 1. The molecule has 0 radical (unpaired) electrons. The summed E-state index contributed by atoms with van der Waals surface area (Å²) in [6.07, 6.45) is 3.61. The van der Waals surface area contributed by atoms with Gasteiger partial charge < -0.3 is 10.9 Å². The third-order valence-electron chi connectivity index (χ3n) is 3.08. The van der Waals surface area contributed by atoms with E-state index in [-0.39, 0.29) is 5.84 Å². The van der Waals surface area contributed by atoms with Crippen molar-refractivity contribution in [1.29, 1.82) is 0 Å². The average molecular weight is 331 g/mol. The molecule has 0 saturated heterocycles. The Labute approximate surface area is 123 Å². The first kappa shape index (κ1) is 12.7. The van der Waals surface area contributed by atoms with Crippen molar-refractivity contribution >= 4 is 32.5 Å². The SMILES string of the molecule is N/C(=N/O)c1ccc(-n2cc(Br)cn2)c2ccccc12. The maximum Gasteiger partial charge on any atom is 0.170 e. The van der Waals surface area contributed by atoms with Crippen LogP contribution in [0.25, 0.3) is 16.5 Å². The minimum atomic E-state index is 0.0920. The fourth-order valence-corrected chi connectivity index (χ4v) is 2.48. The maximum atomic E-state index is 8.88. The van der Waals surface area contributed by atoms with Crippen LogP contribution in [0.15, 0.2) is 58.4 Å². The highest BCUT2D eigenvalue weighted by Gasteiger charge is 2.10. The molecule has 5 nitrogen and oxygen atoms in total. The number of oxime groups is 1. The van der Waals surface area contributed by atoms with Crippen LogP contribution in [0.1, 0.15) is 5.56 Å². The fraction of sp³-hybridized carbons (Fsp3) is 0. The minimum Gasteiger partial charge on any atom is -0.409 e. The van der Waals surface area contributed by atoms with Gasteiger partial charge in [-0.15, -0.1) is 0 Å². The summed E-state index contributed by atoms with van der Waals surface area (Å²) in [6.45, 7) is 0. The molecule has 0 fully saturated rings. The van der Waals surface area contributed by atoms with Crippen LogP contribution in [0.3, 0.4) is 0 Å². The van der Waals surface area contributed by atoms with Crippen molar-refractivity contribution in [1.82, 2.24) is 9.78 Å². The Bertz CT molecular complexity index is 810. The van der Waals surface area contributed by atoms with E-state index < -0.39 is 0 Å². The quantitative estimate of drug-likeness (QED) is 0.328. The van der Waals surface area contributed by atoms with Gasteiger partial charge in [-0.05, 0) is 33.4 Å². The Morgan fingerprint density at radius 3 is 2.60 bits per heavy atom. The summed E-state index contributed by atoms with van der Waals surface area (Å²) < 4.78 is 2.68. The molecule has 0 aliphatic heterocycles. The molecule has 3 rings (SSSR count). The number of halogens is 1. The molecule has 0 spiro atoms. The third-order valence-corrected chi connectivity index (χ3v) is 3.49. The summed E-state index contributed by atoms with van der Waals surface area (Å²) >= 11 is 3.39. The van der Waals surface area contributed by atoms with Crippen molar-refractivity contribution in [2.24, 2.45) is 10.9 Å². The van der Waals surface area contributed by atoms with Crippen LogP contribution in [0, 0.1) is 0 Å². The van der Waals surface area contributed by atoms with Crippen LogP contribution in [0.4, 0.5) is 0 Å². The molecule has 0 saturated carbocycles. The number of hydrogen-bond acceptors (Lipinski definition) is 3.